The quantitative estimate of drug-likeness (QED) is 0.647. The Hall–Kier alpha value is -2.22. The number of sulfonamides is 1. The third-order valence-electron chi connectivity index (χ3n) is 5.92. The van der Waals surface area contributed by atoms with Crippen LogP contribution in [0.3, 0.4) is 0 Å². The maximum Gasteiger partial charge on any atom is 0.251 e. The summed E-state index contributed by atoms with van der Waals surface area (Å²) in [5.41, 5.74) is 2.52. The first-order chi connectivity index (χ1) is 14.9. The molecule has 1 saturated heterocycles. The van der Waals surface area contributed by atoms with Crippen molar-refractivity contribution in [1.82, 2.24) is 14.5 Å². The molecule has 2 aromatic carbocycles. The lowest BCUT2D eigenvalue weighted by molar-refractivity contribution is 0.0946. The zero-order chi connectivity index (χ0) is 22.3. The van der Waals surface area contributed by atoms with E-state index in [1.807, 2.05) is 25.2 Å². The first-order valence-corrected chi connectivity index (χ1v) is 12.6. The van der Waals surface area contributed by atoms with Gasteiger partial charge in [0.1, 0.15) is 0 Å². The smallest absolute Gasteiger partial charge is 0.251 e. The van der Waals surface area contributed by atoms with Crippen molar-refractivity contribution in [1.29, 1.82) is 0 Å². The highest BCUT2D eigenvalue weighted by Gasteiger charge is 2.25. The standard InChI is InChI=1S/C24H33N3O3S/c1-3-20(17-21-7-5-4-6-8-21)18-25-24(28)23-11-9-22(10-12-23)19-31(29,30)27-15-13-26(2)14-16-27/h4-12,20H,3,13-19H2,1-2H3,(H,25,28)/t20-/m1/s1. The molecule has 1 atom stereocenters. The molecule has 0 aromatic heterocycles. The van der Waals surface area contributed by atoms with Gasteiger partial charge in [-0.2, -0.15) is 4.31 Å². The fourth-order valence-corrected chi connectivity index (χ4v) is 5.28. The molecule has 168 valence electrons. The van der Waals surface area contributed by atoms with Crippen molar-refractivity contribution < 1.29 is 13.2 Å². The van der Waals surface area contributed by atoms with Gasteiger partial charge in [-0.05, 0) is 42.6 Å². The molecule has 3 rings (SSSR count). The minimum Gasteiger partial charge on any atom is -0.352 e. The van der Waals surface area contributed by atoms with E-state index in [2.05, 4.69) is 29.3 Å². The van der Waals surface area contributed by atoms with E-state index in [-0.39, 0.29) is 11.7 Å². The van der Waals surface area contributed by atoms with Crippen molar-refractivity contribution in [3.8, 4) is 0 Å². The van der Waals surface area contributed by atoms with E-state index < -0.39 is 10.0 Å². The molecule has 7 heteroatoms. The Morgan fingerprint density at radius 1 is 0.968 bits per heavy atom. The third kappa shape index (κ3) is 6.89. The summed E-state index contributed by atoms with van der Waals surface area (Å²) in [5, 5.41) is 3.02. The van der Waals surface area contributed by atoms with Crippen LogP contribution in [0.4, 0.5) is 0 Å². The van der Waals surface area contributed by atoms with Crippen molar-refractivity contribution in [2.75, 3.05) is 39.8 Å². The van der Waals surface area contributed by atoms with Crippen LogP contribution in [0, 0.1) is 5.92 Å². The molecule has 0 saturated carbocycles. The molecule has 6 nitrogen and oxygen atoms in total. The van der Waals surface area contributed by atoms with Gasteiger partial charge in [-0.1, -0.05) is 55.8 Å². The summed E-state index contributed by atoms with van der Waals surface area (Å²) in [4.78, 5) is 14.7. The van der Waals surface area contributed by atoms with E-state index in [1.165, 1.54) is 5.56 Å². The average Bonchev–Trinajstić information content (AvgIpc) is 2.77. The second kappa shape index (κ2) is 10.9. The van der Waals surface area contributed by atoms with Gasteiger partial charge in [-0.25, -0.2) is 8.42 Å². The monoisotopic (exact) mass is 443 g/mol. The number of hydrogen-bond acceptors (Lipinski definition) is 4. The van der Waals surface area contributed by atoms with Crippen LogP contribution in [0.25, 0.3) is 0 Å². The second-order valence-electron chi connectivity index (χ2n) is 8.33. The van der Waals surface area contributed by atoms with Crippen LogP contribution < -0.4 is 5.32 Å². The average molecular weight is 444 g/mol. The second-order valence-corrected chi connectivity index (χ2v) is 10.3. The number of likely N-dealkylation sites (N-methyl/N-ethyl adjacent to an activating group) is 1. The van der Waals surface area contributed by atoms with Crippen LogP contribution in [0.2, 0.25) is 0 Å². The summed E-state index contributed by atoms with van der Waals surface area (Å²) < 4.78 is 26.9. The summed E-state index contributed by atoms with van der Waals surface area (Å²) >= 11 is 0. The normalized spacial score (nSPS) is 16.7. The summed E-state index contributed by atoms with van der Waals surface area (Å²) in [6, 6.07) is 17.2. The maximum atomic E-state index is 12.7. The number of nitrogens with zero attached hydrogens (tertiary/aromatic N) is 2. The molecule has 0 aliphatic carbocycles. The fourth-order valence-electron chi connectivity index (χ4n) is 3.77. The Morgan fingerprint density at radius 3 is 2.23 bits per heavy atom. The lowest BCUT2D eigenvalue weighted by atomic mass is 9.97. The molecule has 0 radical (unpaired) electrons. The van der Waals surface area contributed by atoms with Crippen LogP contribution in [0.5, 0.6) is 0 Å². The third-order valence-corrected chi connectivity index (χ3v) is 7.77. The highest BCUT2D eigenvalue weighted by Crippen LogP contribution is 2.15. The van der Waals surface area contributed by atoms with E-state index in [0.717, 1.165) is 25.9 Å². The van der Waals surface area contributed by atoms with E-state index in [1.54, 1.807) is 28.6 Å². The number of nitrogens with one attached hydrogen (secondary N) is 1. The first-order valence-electron chi connectivity index (χ1n) is 10.9. The highest BCUT2D eigenvalue weighted by atomic mass is 32.2. The molecule has 1 N–H and O–H groups in total. The lowest BCUT2D eigenvalue weighted by Gasteiger charge is -2.31. The Labute approximate surface area is 186 Å². The predicted molar refractivity (Wildman–Crippen MR) is 124 cm³/mol. The Balaban J connectivity index is 1.52. The number of carbonyl (C=O) groups excluding carboxylic acids is 1. The van der Waals surface area contributed by atoms with E-state index >= 15 is 0 Å². The van der Waals surface area contributed by atoms with E-state index in [9.17, 15) is 13.2 Å². The van der Waals surface area contributed by atoms with Gasteiger partial charge in [-0.15, -0.1) is 0 Å². The van der Waals surface area contributed by atoms with E-state index in [4.69, 9.17) is 0 Å². The van der Waals surface area contributed by atoms with Gasteiger partial charge in [0, 0.05) is 38.3 Å². The van der Waals surface area contributed by atoms with Gasteiger partial charge in [0.2, 0.25) is 10.0 Å². The minimum atomic E-state index is -3.34. The van der Waals surface area contributed by atoms with Gasteiger partial charge < -0.3 is 10.2 Å². The van der Waals surface area contributed by atoms with Gasteiger partial charge in [0.15, 0.2) is 0 Å². The van der Waals surface area contributed by atoms with Crippen molar-refractivity contribution in [2.24, 2.45) is 5.92 Å². The molecule has 31 heavy (non-hydrogen) atoms. The number of hydrogen-bond donors (Lipinski definition) is 1. The summed E-state index contributed by atoms with van der Waals surface area (Å²) in [6.45, 7) is 5.31. The van der Waals surface area contributed by atoms with Crippen LogP contribution in [-0.4, -0.2) is 63.3 Å². The molecule has 1 heterocycles. The SMILES string of the molecule is CC[C@@H](CNC(=O)c1ccc(CS(=O)(=O)N2CCN(C)CC2)cc1)Cc1ccccc1. The molecule has 0 spiro atoms. The van der Waals surface area contributed by atoms with Crippen molar-refractivity contribution in [3.63, 3.8) is 0 Å². The van der Waals surface area contributed by atoms with Gasteiger partial charge in [0.05, 0.1) is 5.75 Å². The molecule has 1 amide bonds. The molecule has 0 unspecified atom stereocenters. The molecular formula is C24H33N3O3S. The van der Waals surface area contributed by atoms with Crippen LogP contribution in [0.15, 0.2) is 54.6 Å². The maximum absolute atomic E-state index is 12.7. The van der Waals surface area contributed by atoms with Gasteiger partial charge in [0.25, 0.3) is 5.91 Å². The molecular weight excluding hydrogens is 410 g/mol. The molecule has 1 aliphatic rings. The minimum absolute atomic E-state index is 0.0341. The zero-order valence-corrected chi connectivity index (χ0v) is 19.3. The molecule has 2 aromatic rings. The molecule has 0 bridgehead atoms. The fraction of sp³-hybridized carbons (Fsp3) is 0.458. The largest absolute Gasteiger partial charge is 0.352 e. The van der Waals surface area contributed by atoms with Crippen molar-refractivity contribution in [2.45, 2.75) is 25.5 Å². The van der Waals surface area contributed by atoms with Gasteiger partial charge in [-0.3, -0.25) is 4.79 Å². The number of piperazine rings is 1. The molecule has 1 fully saturated rings. The number of rotatable bonds is 9. The zero-order valence-electron chi connectivity index (χ0n) is 18.5. The first kappa shape index (κ1) is 23.4. The molecule has 1 aliphatic heterocycles. The summed E-state index contributed by atoms with van der Waals surface area (Å²) in [7, 11) is -1.34. The number of amides is 1. The van der Waals surface area contributed by atoms with Crippen molar-refractivity contribution in [3.05, 3.63) is 71.3 Å². The van der Waals surface area contributed by atoms with Crippen LogP contribution in [0.1, 0.15) is 34.8 Å². The van der Waals surface area contributed by atoms with Gasteiger partial charge >= 0.3 is 0 Å². The topological polar surface area (TPSA) is 69.7 Å². The highest BCUT2D eigenvalue weighted by molar-refractivity contribution is 7.88. The van der Waals surface area contributed by atoms with Crippen molar-refractivity contribution >= 4 is 15.9 Å². The van der Waals surface area contributed by atoms with Crippen LogP contribution >= 0.6 is 0 Å². The summed E-state index contributed by atoms with van der Waals surface area (Å²) in [5.74, 6) is 0.215. The van der Waals surface area contributed by atoms with Crippen LogP contribution in [-0.2, 0) is 22.2 Å². The lowest BCUT2D eigenvalue weighted by Crippen LogP contribution is -2.47. The summed E-state index contributed by atoms with van der Waals surface area (Å²) in [6.07, 6.45) is 1.92. The Bertz CT molecular complexity index is 938. The predicted octanol–water partition coefficient (Wildman–Crippen LogP) is 2.76. The Kier molecular flexibility index (Phi) is 8.23. The van der Waals surface area contributed by atoms with E-state index in [0.29, 0.717) is 36.7 Å². The number of benzene rings is 2. The number of carbonyl (C=O) groups is 1. The Morgan fingerprint density at radius 2 is 1.61 bits per heavy atom.